The van der Waals surface area contributed by atoms with Crippen molar-refractivity contribution in [3.63, 3.8) is 0 Å². The molecule has 1 aliphatic carbocycles. The van der Waals surface area contributed by atoms with E-state index in [-0.39, 0.29) is 6.04 Å². The molecule has 3 aromatic rings. The van der Waals surface area contributed by atoms with Crippen LogP contribution in [0.5, 0.6) is 0 Å². The minimum Gasteiger partial charge on any atom is -0.467 e. The van der Waals surface area contributed by atoms with Crippen molar-refractivity contribution in [2.24, 2.45) is 5.73 Å². The van der Waals surface area contributed by atoms with Crippen LogP contribution >= 0.6 is 22.9 Å². The third-order valence-electron chi connectivity index (χ3n) is 4.82. The Morgan fingerprint density at radius 1 is 1.46 bits per heavy atom. The minimum absolute atomic E-state index is 0.256. The molecule has 3 N–H and O–H groups in total. The minimum atomic E-state index is 0.256. The number of halogens is 1. The summed E-state index contributed by atoms with van der Waals surface area (Å²) in [6, 6.07) is 5.99. The predicted octanol–water partition coefficient (Wildman–Crippen LogP) is 5.06. The third kappa shape index (κ3) is 2.81. The van der Waals surface area contributed by atoms with Crippen LogP contribution in [-0.2, 0) is 6.54 Å². The first kappa shape index (κ1) is 15.9. The average molecular weight is 362 g/mol. The van der Waals surface area contributed by atoms with Gasteiger partial charge >= 0.3 is 0 Å². The fourth-order valence-electron chi connectivity index (χ4n) is 3.56. The smallest absolute Gasteiger partial charge is 0.131 e. The number of rotatable bonds is 4. The van der Waals surface area contributed by atoms with E-state index >= 15 is 0 Å². The average Bonchev–Trinajstić information content (AvgIpc) is 3.27. The molecular formula is C18H20ClN3OS. The normalized spacial score (nSPS) is 20.8. The quantitative estimate of drug-likeness (QED) is 0.637. The number of furan rings is 1. The molecule has 4 rings (SSSR count). The highest BCUT2D eigenvalue weighted by atomic mass is 35.5. The number of aromatic nitrogens is 1. The number of nitrogens with two attached hydrogens (primary N) is 1. The van der Waals surface area contributed by atoms with Crippen LogP contribution in [0.15, 0.2) is 28.9 Å². The van der Waals surface area contributed by atoms with Crippen LogP contribution in [0.25, 0.3) is 10.2 Å². The van der Waals surface area contributed by atoms with Gasteiger partial charge in [0.15, 0.2) is 0 Å². The maximum absolute atomic E-state index is 6.32. The Labute approximate surface area is 150 Å². The van der Waals surface area contributed by atoms with Crippen molar-refractivity contribution < 1.29 is 4.42 Å². The SMILES string of the molecule is Cc1c([C@@H]2CCC[C@H]2N)sc2c(NCc3ccco3)cc(Cl)nc12. The first-order chi connectivity index (χ1) is 11.6. The van der Waals surface area contributed by atoms with Gasteiger partial charge in [0.25, 0.3) is 0 Å². The third-order valence-corrected chi connectivity index (χ3v) is 6.46. The van der Waals surface area contributed by atoms with E-state index in [1.165, 1.54) is 16.9 Å². The predicted molar refractivity (Wildman–Crippen MR) is 100.0 cm³/mol. The van der Waals surface area contributed by atoms with Crippen LogP contribution in [0.1, 0.15) is 41.4 Å². The van der Waals surface area contributed by atoms with Gasteiger partial charge in [-0.2, -0.15) is 0 Å². The number of hydrogen-bond acceptors (Lipinski definition) is 5. The van der Waals surface area contributed by atoms with Gasteiger partial charge in [-0.15, -0.1) is 11.3 Å². The topological polar surface area (TPSA) is 64.1 Å². The summed E-state index contributed by atoms with van der Waals surface area (Å²) < 4.78 is 6.55. The molecular weight excluding hydrogens is 342 g/mol. The molecule has 0 aliphatic heterocycles. The molecule has 1 aliphatic rings. The molecule has 4 nitrogen and oxygen atoms in total. The number of nitrogens with zero attached hydrogens (tertiary/aromatic N) is 1. The summed E-state index contributed by atoms with van der Waals surface area (Å²) in [5.41, 5.74) is 9.54. The first-order valence-corrected chi connectivity index (χ1v) is 9.44. The molecule has 2 atom stereocenters. The summed E-state index contributed by atoms with van der Waals surface area (Å²) in [6.07, 6.45) is 5.16. The Morgan fingerprint density at radius 2 is 2.33 bits per heavy atom. The molecule has 0 saturated heterocycles. The standard InChI is InChI=1S/C18H20ClN3OS/c1-10-16-18(24-17(10)12-5-2-6-13(12)20)14(8-15(19)22-16)21-9-11-4-3-7-23-11/h3-4,7-8,12-13H,2,5-6,9,20H2,1H3,(H,21,22)/t12-,13-/m1/s1. The molecule has 0 radical (unpaired) electrons. The van der Waals surface area contributed by atoms with Crippen LogP contribution in [0, 0.1) is 6.92 Å². The second-order valence-electron chi connectivity index (χ2n) is 6.40. The van der Waals surface area contributed by atoms with Gasteiger partial charge in [-0.05, 0) is 37.5 Å². The van der Waals surface area contributed by atoms with Gasteiger partial charge in [0.05, 0.1) is 28.7 Å². The van der Waals surface area contributed by atoms with Crippen molar-refractivity contribution in [2.45, 2.75) is 44.7 Å². The summed E-state index contributed by atoms with van der Waals surface area (Å²) in [5, 5.41) is 3.94. The van der Waals surface area contributed by atoms with E-state index in [2.05, 4.69) is 17.2 Å². The Balaban J connectivity index is 1.73. The van der Waals surface area contributed by atoms with Crippen LogP contribution in [0.2, 0.25) is 5.15 Å². The van der Waals surface area contributed by atoms with E-state index in [9.17, 15) is 0 Å². The van der Waals surface area contributed by atoms with Crippen molar-refractivity contribution in [3.05, 3.63) is 45.8 Å². The number of aryl methyl sites for hydroxylation is 1. The van der Waals surface area contributed by atoms with Gasteiger partial charge in [0.2, 0.25) is 0 Å². The van der Waals surface area contributed by atoms with E-state index in [1.807, 2.05) is 18.2 Å². The monoisotopic (exact) mass is 361 g/mol. The Kier molecular flexibility index (Phi) is 4.24. The second-order valence-corrected chi connectivity index (χ2v) is 7.84. The highest BCUT2D eigenvalue weighted by Crippen LogP contribution is 2.44. The van der Waals surface area contributed by atoms with Gasteiger partial charge in [0, 0.05) is 22.9 Å². The molecule has 0 unspecified atom stereocenters. The second kappa shape index (κ2) is 6.39. The van der Waals surface area contributed by atoms with Gasteiger partial charge in [-0.1, -0.05) is 18.0 Å². The number of nitrogens with one attached hydrogen (secondary N) is 1. The summed E-state index contributed by atoms with van der Waals surface area (Å²) in [4.78, 5) is 5.94. The maximum atomic E-state index is 6.32. The van der Waals surface area contributed by atoms with E-state index in [1.54, 1.807) is 17.6 Å². The Morgan fingerprint density at radius 3 is 3.04 bits per heavy atom. The number of hydrogen-bond donors (Lipinski definition) is 2. The molecule has 1 saturated carbocycles. The van der Waals surface area contributed by atoms with Crippen molar-refractivity contribution in [1.29, 1.82) is 0 Å². The van der Waals surface area contributed by atoms with Crippen LogP contribution in [0.3, 0.4) is 0 Å². The fourth-order valence-corrected chi connectivity index (χ4v) is 5.20. The number of thiophene rings is 1. The highest BCUT2D eigenvalue weighted by Gasteiger charge is 2.29. The number of anilines is 1. The molecule has 0 bridgehead atoms. The van der Waals surface area contributed by atoms with Crippen molar-refractivity contribution >= 4 is 38.8 Å². The van der Waals surface area contributed by atoms with Crippen molar-refractivity contribution in [3.8, 4) is 0 Å². The summed E-state index contributed by atoms with van der Waals surface area (Å²) in [5.74, 6) is 1.34. The Bertz CT molecular complexity index is 859. The van der Waals surface area contributed by atoms with E-state index in [0.29, 0.717) is 17.6 Å². The van der Waals surface area contributed by atoms with E-state index < -0.39 is 0 Å². The summed E-state index contributed by atoms with van der Waals surface area (Å²) >= 11 is 8.06. The van der Waals surface area contributed by atoms with Gasteiger partial charge in [-0.3, -0.25) is 0 Å². The molecule has 3 heterocycles. The van der Waals surface area contributed by atoms with Crippen LogP contribution < -0.4 is 11.1 Å². The van der Waals surface area contributed by atoms with Crippen molar-refractivity contribution in [1.82, 2.24) is 4.98 Å². The summed E-state index contributed by atoms with van der Waals surface area (Å²) in [6.45, 7) is 2.76. The molecule has 0 aromatic carbocycles. The zero-order chi connectivity index (χ0) is 16.7. The van der Waals surface area contributed by atoms with Gasteiger partial charge in [0.1, 0.15) is 10.9 Å². The maximum Gasteiger partial charge on any atom is 0.131 e. The Hall–Kier alpha value is -1.56. The lowest BCUT2D eigenvalue weighted by molar-refractivity contribution is 0.518. The van der Waals surface area contributed by atoms with Crippen LogP contribution in [0.4, 0.5) is 5.69 Å². The van der Waals surface area contributed by atoms with Crippen molar-refractivity contribution in [2.75, 3.05) is 5.32 Å². The van der Waals surface area contributed by atoms with Gasteiger partial charge in [-0.25, -0.2) is 4.98 Å². The molecule has 0 amide bonds. The zero-order valence-electron chi connectivity index (χ0n) is 13.5. The molecule has 126 valence electrons. The largest absolute Gasteiger partial charge is 0.467 e. The van der Waals surface area contributed by atoms with E-state index in [4.69, 9.17) is 21.8 Å². The summed E-state index contributed by atoms with van der Waals surface area (Å²) in [7, 11) is 0. The molecule has 3 aromatic heterocycles. The zero-order valence-corrected chi connectivity index (χ0v) is 15.1. The van der Waals surface area contributed by atoms with E-state index in [0.717, 1.165) is 34.5 Å². The number of fused-ring (bicyclic) bond motifs is 1. The molecule has 0 spiro atoms. The first-order valence-electron chi connectivity index (χ1n) is 8.25. The lowest BCUT2D eigenvalue weighted by atomic mass is 9.99. The lowest BCUT2D eigenvalue weighted by Gasteiger charge is -2.14. The molecule has 6 heteroatoms. The lowest BCUT2D eigenvalue weighted by Crippen LogP contribution is -2.22. The number of pyridine rings is 1. The van der Waals surface area contributed by atoms with Crippen LogP contribution in [-0.4, -0.2) is 11.0 Å². The highest BCUT2D eigenvalue weighted by molar-refractivity contribution is 7.20. The molecule has 1 fully saturated rings. The molecule has 24 heavy (non-hydrogen) atoms. The van der Waals surface area contributed by atoms with Gasteiger partial charge < -0.3 is 15.5 Å². The fraction of sp³-hybridized carbons (Fsp3) is 0.389.